The minimum atomic E-state index is -0.308. The molecule has 128 valence electrons. The Labute approximate surface area is 140 Å². The van der Waals surface area contributed by atoms with Crippen molar-refractivity contribution in [1.82, 2.24) is 14.7 Å². The van der Waals surface area contributed by atoms with Crippen LogP contribution < -0.4 is 11.1 Å². The molecule has 24 heavy (non-hydrogen) atoms. The number of hydrogen-bond acceptors (Lipinski definition) is 3. The van der Waals surface area contributed by atoms with Crippen LogP contribution in [-0.4, -0.2) is 33.7 Å². The second-order valence-corrected chi connectivity index (χ2v) is 6.94. The molecule has 2 atom stereocenters. The van der Waals surface area contributed by atoms with Crippen LogP contribution in [0.15, 0.2) is 33.9 Å². The number of aryl methyl sites for hydroxylation is 1. The van der Waals surface area contributed by atoms with Gasteiger partial charge in [0, 0.05) is 19.5 Å². The number of benzene rings is 1. The third kappa shape index (κ3) is 3.27. The molecule has 1 N–H and O–H groups in total. The van der Waals surface area contributed by atoms with Crippen LogP contribution in [-0.2, 0) is 11.3 Å². The number of piperidine rings is 1. The lowest BCUT2D eigenvalue weighted by molar-refractivity contribution is -0.134. The second-order valence-electron chi connectivity index (χ2n) is 6.94. The van der Waals surface area contributed by atoms with Crippen LogP contribution in [0.4, 0.5) is 0 Å². The van der Waals surface area contributed by atoms with Gasteiger partial charge in [0.15, 0.2) is 0 Å². The Balaban J connectivity index is 1.76. The SMILES string of the molecule is C[C@@H]1C[C@H](C)CN(C(=O)CCn2[nH]c(=O)c3ccccc3c2=O)C1. The Bertz CT molecular complexity index is 858. The maximum atomic E-state index is 12.4. The van der Waals surface area contributed by atoms with E-state index in [4.69, 9.17) is 0 Å². The largest absolute Gasteiger partial charge is 0.342 e. The Morgan fingerprint density at radius 2 is 1.75 bits per heavy atom. The lowest BCUT2D eigenvalue weighted by Gasteiger charge is -2.35. The average Bonchev–Trinajstić information content (AvgIpc) is 2.55. The first-order valence-electron chi connectivity index (χ1n) is 8.45. The maximum absolute atomic E-state index is 12.4. The topological polar surface area (TPSA) is 75.2 Å². The van der Waals surface area contributed by atoms with Crippen LogP contribution >= 0.6 is 0 Å². The first-order valence-corrected chi connectivity index (χ1v) is 8.45. The van der Waals surface area contributed by atoms with Crippen LogP contribution in [0.3, 0.4) is 0 Å². The summed E-state index contributed by atoms with van der Waals surface area (Å²) in [7, 11) is 0. The molecule has 0 aliphatic carbocycles. The summed E-state index contributed by atoms with van der Waals surface area (Å²) in [5.74, 6) is 1.04. The highest BCUT2D eigenvalue weighted by molar-refractivity contribution is 5.80. The molecular weight excluding hydrogens is 306 g/mol. The van der Waals surface area contributed by atoms with Crippen LogP contribution in [0.1, 0.15) is 26.7 Å². The number of carbonyl (C=O) groups is 1. The predicted octanol–water partition coefficient (Wildman–Crippen LogP) is 1.58. The summed E-state index contributed by atoms with van der Waals surface area (Å²) in [6.45, 7) is 6.04. The lowest BCUT2D eigenvalue weighted by Crippen LogP contribution is -2.43. The molecular formula is C18H23N3O3. The number of aromatic nitrogens is 2. The van der Waals surface area contributed by atoms with Gasteiger partial charge < -0.3 is 4.90 Å². The smallest absolute Gasteiger partial charge is 0.273 e. The van der Waals surface area contributed by atoms with Crippen molar-refractivity contribution in [1.29, 1.82) is 0 Å². The lowest BCUT2D eigenvalue weighted by atomic mass is 9.92. The van der Waals surface area contributed by atoms with Crippen LogP contribution in [0.25, 0.3) is 10.8 Å². The monoisotopic (exact) mass is 329 g/mol. The Morgan fingerprint density at radius 3 is 2.42 bits per heavy atom. The molecule has 1 fully saturated rings. The number of rotatable bonds is 3. The highest BCUT2D eigenvalue weighted by Crippen LogP contribution is 2.21. The molecule has 0 unspecified atom stereocenters. The van der Waals surface area contributed by atoms with E-state index in [1.54, 1.807) is 24.3 Å². The van der Waals surface area contributed by atoms with E-state index < -0.39 is 0 Å². The molecule has 0 saturated carbocycles. The molecule has 0 radical (unpaired) electrons. The zero-order chi connectivity index (χ0) is 17.3. The van der Waals surface area contributed by atoms with E-state index in [-0.39, 0.29) is 30.0 Å². The van der Waals surface area contributed by atoms with Crippen molar-refractivity contribution in [3.8, 4) is 0 Å². The quantitative estimate of drug-likeness (QED) is 0.929. The fraction of sp³-hybridized carbons (Fsp3) is 0.500. The highest BCUT2D eigenvalue weighted by Gasteiger charge is 2.25. The minimum absolute atomic E-state index is 0.0364. The van der Waals surface area contributed by atoms with Gasteiger partial charge in [-0.05, 0) is 30.4 Å². The standard InChI is InChI=1S/C18H23N3O3/c1-12-9-13(2)11-20(10-12)16(22)7-8-21-18(24)15-6-4-3-5-14(15)17(23)19-21/h3-6,12-13H,7-11H2,1-2H3,(H,19,23)/t12-,13+. The number of nitrogens with zero attached hydrogens (tertiary/aromatic N) is 2. The summed E-state index contributed by atoms with van der Waals surface area (Å²) in [5, 5.41) is 3.33. The van der Waals surface area contributed by atoms with Gasteiger partial charge in [0.05, 0.1) is 17.3 Å². The number of amides is 1. The van der Waals surface area contributed by atoms with Crippen LogP contribution in [0, 0.1) is 11.8 Å². The molecule has 6 nitrogen and oxygen atoms in total. The van der Waals surface area contributed by atoms with E-state index in [9.17, 15) is 14.4 Å². The number of nitrogens with one attached hydrogen (secondary N) is 1. The molecule has 2 heterocycles. The van der Waals surface area contributed by atoms with Gasteiger partial charge >= 0.3 is 0 Å². The van der Waals surface area contributed by atoms with Crippen molar-refractivity contribution in [3.63, 3.8) is 0 Å². The number of likely N-dealkylation sites (tertiary alicyclic amines) is 1. The van der Waals surface area contributed by atoms with Crippen LogP contribution in [0.5, 0.6) is 0 Å². The number of aromatic amines is 1. The van der Waals surface area contributed by atoms with Crippen molar-refractivity contribution in [2.24, 2.45) is 11.8 Å². The van der Waals surface area contributed by atoms with Crippen molar-refractivity contribution in [3.05, 3.63) is 45.0 Å². The van der Waals surface area contributed by atoms with Gasteiger partial charge in [-0.15, -0.1) is 0 Å². The van der Waals surface area contributed by atoms with Gasteiger partial charge in [-0.3, -0.25) is 19.5 Å². The van der Waals surface area contributed by atoms with E-state index in [2.05, 4.69) is 18.9 Å². The molecule has 6 heteroatoms. The normalized spacial score (nSPS) is 21.2. The van der Waals surface area contributed by atoms with Gasteiger partial charge in [0.2, 0.25) is 5.91 Å². The molecule has 0 bridgehead atoms. The van der Waals surface area contributed by atoms with E-state index in [0.29, 0.717) is 22.6 Å². The zero-order valence-electron chi connectivity index (χ0n) is 14.1. The van der Waals surface area contributed by atoms with Gasteiger partial charge in [-0.1, -0.05) is 26.0 Å². The third-order valence-electron chi connectivity index (χ3n) is 4.65. The molecule has 0 spiro atoms. The molecule has 1 aliphatic heterocycles. The second kappa shape index (κ2) is 6.63. The van der Waals surface area contributed by atoms with E-state index in [0.717, 1.165) is 19.5 Å². The van der Waals surface area contributed by atoms with Crippen molar-refractivity contribution < 1.29 is 4.79 Å². The number of carbonyl (C=O) groups excluding carboxylic acids is 1. The summed E-state index contributed by atoms with van der Waals surface area (Å²) < 4.78 is 1.25. The van der Waals surface area contributed by atoms with Crippen molar-refractivity contribution >= 4 is 16.7 Å². The molecule has 1 aromatic carbocycles. The fourth-order valence-electron chi connectivity index (χ4n) is 3.64. The Hall–Kier alpha value is -2.37. The number of fused-ring (bicyclic) bond motifs is 1. The summed E-state index contributed by atoms with van der Waals surface area (Å²) in [6, 6.07) is 6.72. The molecule has 3 rings (SSSR count). The summed E-state index contributed by atoms with van der Waals surface area (Å²) in [6.07, 6.45) is 1.36. The molecule has 1 amide bonds. The average molecular weight is 329 g/mol. The zero-order valence-corrected chi connectivity index (χ0v) is 14.1. The number of H-pyrrole nitrogens is 1. The minimum Gasteiger partial charge on any atom is -0.342 e. The Kier molecular flexibility index (Phi) is 4.55. The first kappa shape index (κ1) is 16.5. The van der Waals surface area contributed by atoms with E-state index >= 15 is 0 Å². The predicted molar refractivity (Wildman–Crippen MR) is 93.0 cm³/mol. The van der Waals surface area contributed by atoms with Gasteiger partial charge in [0.1, 0.15) is 0 Å². The molecule has 1 aromatic heterocycles. The number of hydrogen-bond donors (Lipinski definition) is 1. The van der Waals surface area contributed by atoms with Crippen molar-refractivity contribution in [2.45, 2.75) is 33.2 Å². The van der Waals surface area contributed by atoms with Crippen LogP contribution in [0.2, 0.25) is 0 Å². The van der Waals surface area contributed by atoms with Gasteiger partial charge in [0.25, 0.3) is 11.1 Å². The molecule has 1 aliphatic rings. The third-order valence-corrected chi connectivity index (χ3v) is 4.65. The summed E-state index contributed by atoms with van der Waals surface area (Å²) in [5.41, 5.74) is -0.573. The maximum Gasteiger partial charge on any atom is 0.273 e. The van der Waals surface area contributed by atoms with E-state index in [1.165, 1.54) is 4.68 Å². The molecule has 1 saturated heterocycles. The Morgan fingerprint density at radius 1 is 1.12 bits per heavy atom. The van der Waals surface area contributed by atoms with Crippen molar-refractivity contribution in [2.75, 3.05) is 13.1 Å². The first-order chi connectivity index (χ1) is 11.5. The van der Waals surface area contributed by atoms with Gasteiger partial charge in [-0.2, -0.15) is 0 Å². The highest BCUT2D eigenvalue weighted by atomic mass is 16.2. The summed E-state index contributed by atoms with van der Waals surface area (Å²) in [4.78, 5) is 38.8. The summed E-state index contributed by atoms with van der Waals surface area (Å²) >= 11 is 0. The molecule has 2 aromatic rings. The fourth-order valence-corrected chi connectivity index (χ4v) is 3.64. The van der Waals surface area contributed by atoms with E-state index in [1.807, 2.05) is 4.90 Å². The van der Waals surface area contributed by atoms with Gasteiger partial charge in [-0.25, -0.2) is 4.68 Å².